The molecule has 0 radical (unpaired) electrons. The Bertz CT molecular complexity index is 530. The van der Waals surface area contributed by atoms with Crippen LogP contribution in [0.4, 0.5) is 0 Å². The minimum atomic E-state index is -3.32. The number of nitrogens with one attached hydrogen (secondary N) is 1. The summed E-state index contributed by atoms with van der Waals surface area (Å²) in [5, 5.41) is -0.444. The average molecular weight is 326 g/mol. The minimum absolute atomic E-state index is 0.0317. The molecule has 124 valence electrons. The third kappa shape index (κ3) is 3.54. The summed E-state index contributed by atoms with van der Waals surface area (Å²) in [4.78, 5) is 14.3. The Hall–Kier alpha value is -0.880. The van der Waals surface area contributed by atoms with Crippen LogP contribution in [0.1, 0.15) is 51.4 Å². The van der Waals surface area contributed by atoms with Gasteiger partial charge in [0.05, 0.1) is 5.25 Å². The number of allylic oxidation sites excluding steroid dienone is 2. The third-order valence-electron chi connectivity index (χ3n) is 5.17. The number of likely N-dealkylation sites (tertiary alicyclic amines) is 1. The predicted molar refractivity (Wildman–Crippen MR) is 85.8 cm³/mol. The van der Waals surface area contributed by atoms with Gasteiger partial charge in [0.2, 0.25) is 15.9 Å². The smallest absolute Gasteiger partial charge is 0.226 e. The Kier molecular flexibility index (Phi) is 4.88. The van der Waals surface area contributed by atoms with Gasteiger partial charge in [-0.25, -0.2) is 13.1 Å². The average Bonchev–Trinajstić information content (AvgIpc) is 3.19. The van der Waals surface area contributed by atoms with Crippen LogP contribution in [0.25, 0.3) is 0 Å². The highest BCUT2D eigenvalue weighted by Gasteiger charge is 2.36. The van der Waals surface area contributed by atoms with Gasteiger partial charge in [0.25, 0.3) is 0 Å². The van der Waals surface area contributed by atoms with Gasteiger partial charge in [-0.05, 0) is 38.5 Å². The van der Waals surface area contributed by atoms with E-state index in [1.165, 1.54) is 0 Å². The molecule has 1 heterocycles. The zero-order valence-corrected chi connectivity index (χ0v) is 13.9. The van der Waals surface area contributed by atoms with E-state index >= 15 is 0 Å². The van der Waals surface area contributed by atoms with Gasteiger partial charge in [-0.3, -0.25) is 4.79 Å². The van der Waals surface area contributed by atoms with Crippen molar-refractivity contribution in [3.05, 3.63) is 12.2 Å². The molecule has 22 heavy (non-hydrogen) atoms. The minimum Gasteiger partial charge on any atom is -0.341 e. The van der Waals surface area contributed by atoms with Crippen molar-refractivity contribution in [3.8, 4) is 0 Å². The van der Waals surface area contributed by atoms with E-state index in [0.717, 1.165) is 44.9 Å². The normalized spacial score (nSPS) is 27.6. The predicted octanol–water partition coefficient (Wildman–Crippen LogP) is 1.81. The van der Waals surface area contributed by atoms with Gasteiger partial charge < -0.3 is 4.90 Å². The number of amides is 1. The molecule has 3 aliphatic rings. The highest BCUT2D eigenvalue weighted by Crippen LogP contribution is 2.25. The largest absolute Gasteiger partial charge is 0.341 e. The summed E-state index contributed by atoms with van der Waals surface area (Å²) in [7, 11) is -3.32. The van der Waals surface area contributed by atoms with Crippen molar-refractivity contribution in [1.29, 1.82) is 0 Å². The van der Waals surface area contributed by atoms with Gasteiger partial charge in [-0.1, -0.05) is 25.0 Å². The van der Waals surface area contributed by atoms with Crippen LogP contribution < -0.4 is 4.72 Å². The molecule has 1 atom stereocenters. The van der Waals surface area contributed by atoms with Gasteiger partial charge in [-0.15, -0.1) is 0 Å². The molecule has 0 bridgehead atoms. The van der Waals surface area contributed by atoms with Crippen LogP contribution in [0.5, 0.6) is 0 Å². The van der Waals surface area contributed by atoms with E-state index < -0.39 is 15.3 Å². The number of carbonyl (C=O) groups excluding carboxylic acids is 1. The SMILES string of the molecule is O=C(C1CC=CC1)N1CCC[C@@H](S(=O)(=O)NC2CCCC2)C1. The quantitative estimate of drug-likeness (QED) is 0.801. The summed E-state index contributed by atoms with van der Waals surface area (Å²) < 4.78 is 28.0. The summed E-state index contributed by atoms with van der Waals surface area (Å²) in [6, 6.07) is 0.107. The number of sulfonamides is 1. The van der Waals surface area contributed by atoms with Crippen LogP contribution in [0, 0.1) is 5.92 Å². The van der Waals surface area contributed by atoms with Crippen molar-refractivity contribution in [2.75, 3.05) is 13.1 Å². The number of hydrogen-bond acceptors (Lipinski definition) is 3. The number of nitrogens with zero attached hydrogens (tertiary/aromatic N) is 1. The van der Waals surface area contributed by atoms with E-state index in [9.17, 15) is 13.2 Å². The Morgan fingerprint density at radius 1 is 1.05 bits per heavy atom. The van der Waals surface area contributed by atoms with Crippen molar-refractivity contribution in [1.82, 2.24) is 9.62 Å². The Morgan fingerprint density at radius 3 is 2.41 bits per heavy atom. The van der Waals surface area contributed by atoms with E-state index in [1.807, 2.05) is 12.2 Å². The number of rotatable bonds is 4. The number of piperidine rings is 1. The summed E-state index contributed by atoms with van der Waals surface area (Å²) in [5.41, 5.74) is 0. The van der Waals surface area contributed by atoms with Gasteiger partial charge >= 0.3 is 0 Å². The van der Waals surface area contributed by atoms with E-state index in [0.29, 0.717) is 19.5 Å². The van der Waals surface area contributed by atoms with Crippen LogP contribution in [0.15, 0.2) is 12.2 Å². The van der Waals surface area contributed by atoms with E-state index in [4.69, 9.17) is 0 Å². The fraction of sp³-hybridized carbons (Fsp3) is 0.812. The molecule has 0 aromatic rings. The molecule has 1 N–H and O–H groups in total. The van der Waals surface area contributed by atoms with Crippen molar-refractivity contribution in [2.45, 2.75) is 62.7 Å². The van der Waals surface area contributed by atoms with Crippen molar-refractivity contribution >= 4 is 15.9 Å². The first-order chi connectivity index (χ1) is 10.6. The molecule has 2 fully saturated rings. The summed E-state index contributed by atoms with van der Waals surface area (Å²) >= 11 is 0. The van der Waals surface area contributed by atoms with Gasteiger partial charge in [0.15, 0.2) is 0 Å². The van der Waals surface area contributed by atoms with E-state index in [1.54, 1.807) is 4.90 Å². The first kappa shape index (κ1) is 16.0. The second-order valence-corrected chi connectivity index (χ2v) is 8.82. The second-order valence-electron chi connectivity index (χ2n) is 6.83. The van der Waals surface area contributed by atoms with Crippen LogP contribution in [-0.4, -0.2) is 43.6 Å². The zero-order valence-electron chi connectivity index (χ0n) is 13.0. The maximum Gasteiger partial charge on any atom is 0.226 e. The number of carbonyl (C=O) groups is 1. The summed E-state index contributed by atoms with van der Waals surface area (Å²) in [6.45, 7) is 1.06. The summed E-state index contributed by atoms with van der Waals surface area (Å²) in [5.74, 6) is 0.162. The Morgan fingerprint density at radius 2 is 1.73 bits per heavy atom. The van der Waals surface area contributed by atoms with Gasteiger partial charge in [0.1, 0.15) is 0 Å². The Balaban J connectivity index is 1.60. The molecule has 1 amide bonds. The standard InChI is InChI=1S/C16H26N2O3S/c19-16(13-6-1-2-7-13)18-11-5-10-15(12-18)22(20,21)17-14-8-3-4-9-14/h1-2,13-15,17H,3-12H2/t15-/m1/s1. The third-order valence-corrected chi connectivity index (χ3v) is 7.10. The topological polar surface area (TPSA) is 66.5 Å². The maximum absolute atomic E-state index is 12.6. The van der Waals surface area contributed by atoms with E-state index in [2.05, 4.69) is 4.72 Å². The van der Waals surface area contributed by atoms with Crippen molar-refractivity contribution < 1.29 is 13.2 Å². The molecule has 1 saturated carbocycles. The fourth-order valence-corrected chi connectivity index (χ4v) is 5.59. The molecule has 3 rings (SSSR count). The van der Waals surface area contributed by atoms with Crippen molar-refractivity contribution in [2.24, 2.45) is 5.92 Å². The van der Waals surface area contributed by atoms with Gasteiger partial charge in [0, 0.05) is 25.0 Å². The molecule has 2 aliphatic carbocycles. The molecule has 0 aromatic carbocycles. The molecule has 1 aliphatic heterocycles. The van der Waals surface area contributed by atoms with Gasteiger partial charge in [-0.2, -0.15) is 0 Å². The fourth-order valence-electron chi connectivity index (χ4n) is 3.84. The molecule has 6 heteroatoms. The lowest BCUT2D eigenvalue weighted by atomic mass is 10.0. The van der Waals surface area contributed by atoms with Crippen LogP contribution in [-0.2, 0) is 14.8 Å². The lowest BCUT2D eigenvalue weighted by Crippen LogP contribution is -2.51. The molecule has 1 saturated heterocycles. The monoisotopic (exact) mass is 326 g/mol. The number of hydrogen-bond donors (Lipinski definition) is 1. The molecular formula is C16H26N2O3S. The second kappa shape index (κ2) is 6.71. The molecular weight excluding hydrogens is 300 g/mol. The van der Waals surface area contributed by atoms with Crippen LogP contribution in [0.3, 0.4) is 0 Å². The lowest BCUT2D eigenvalue weighted by molar-refractivity contribution is -0.135. The first-order valence-corrected chi connectivity index (χ1v) is 10.1. The van der Waals surface area contributed by atoms with Crippen LogP contribution in [0.2, 0.25) is 0 Å². The molecule has 0 unspecified atom stereocenters. The molecule has 0 spiro atoms. The highest BCUT2D eigenvalue weighted by molar-refractivity contribution is 7.90. The summed E-state index contributed by atoms with van der Waals surface area (Å²) in [6.07, 6.45) is 11.2. The van der Waals surface area contributed by atoms with E-state index in [-0.39, 0.29) is 17.9 Å². The first-order valence-electron chi connectivity index (χ1n) is 8.51. The Labute approximate surface area is 133 Å². The maximum atomic E-state index is 12.6. The van der Waals surface area contributed by atoms with Crippen LogP contribution >= 0.6 is 0 Å². The lowest BCUT2D eigenvalue weighted by Gasteiger charge is -2.34. The zero-order chi connectivity index (χ0) is 15.6. The highest BCUT2D eigenvalue weighted by atomic mass is 32.2. The molecule has 5 nitrogen and oxygen atoms in total. The van der Waals surface area contributed by atoms with Crippen molar-refractivity contribution in [3.63, 3.8) is 0 Å². The molecule has 0 aromatic heterocycles.